The molecule has 3 N–H and O–H groups in total. The smallest absolute Gasteiger partial charge is 0.328 e. The lowest BCUT2D eigenvalue weighted by Crippen LogP contribution is -2.42. The fraction of sp³-hybridized carbons (Fsp3) is 0.484. The van der Waals surface area contributed by atoms with E-state index in [-0.39, 0.29) is 23.7 Å². The van der Waals surface area contributed by atoms with Crippen LogP contribution >= 0.6 is 11.8 Å². The van der Waals surface area contributed by atoms with Gasteiger partial charge in [-0.25, -0.2) is 4.79 Å². The minimum atomic E-state index is -0.690. The molecule has 0 aliphatic heterocycles. The van der Waals surface area contributed by atoms with Gasteiger partial charge in [0.25, 0.3) is 0 Å². The molecule has 3 rings (SSSR count). The Balaban J connectivity index is 1.89. The van der Waals surface area contributed by atoms with E-state index in [9.17, 15) is 19.2 Å². The summed E-state index contributed by atoms with van der Waals surface area (Å²) in [6.07, 6.45) is 4.17. The number of aryl methyl sites for hydroxylation is 1. The third-order valence-electron chi connectivity index (χ3n) is 7.24. The van der Waals surface area contributed by atoms with Crippen LogP contribution in [0, 0.1) is 0 Å². The normalized spacial score (nSPS) is 14.2. The van der Waals surface area contributed by atoms with E-state index in [1.807, 2.05) is 18.4 Å². The number of anilines is 1. The molecule has 1 aliphatic carbocycles. The molecule has 2 amide bonds. The van der Waals surface area contributed by atoms with Gasteiger partial charge < -0.3 is 34.9 Å². The van der Waals surface area contributed by atoms with Crippen molar-refractivity contribution in [2.45, 2.75) is 51.1 Å². The fourth-order valence-electron chi connectivity index (χ4n) is 5.22. The fourth-order valence-corrected chi connectivity index (χ4v) is 5.69. The summed E-state index contributed by atoms with van der Waals surface area (Å²) >= 11 is 1.58. The number of carbonyl (C=O) groups is 3. The molecule has 1 aliphatic rings. The first-order valence-electron chi connectivity index (χ1n) is 14.1. The number of ether oxygens (including phenoxy) is 4. The Labute approximate surface area is 256 Å². The lowest BCUT2D eigenvalue weighted by Gasteiger charge is -2.19. The average molecular weight is 616 g/mol. The van der Waals surface area contributed by atoms with Crippen LogP contribution in [0.4, 0.5) is 5.69 Å². The summed E-state index contributed by atoms with van der Waals surface area (Å²) in [5, 5.41) is 8.88. The number of amides is 2. The summed E-state index contributed by atoms with van der Waals surface area (Å²) < 4.78 is 21.8. The van der Waals surface area contributed by atoms with E-state index in [1.165, 1.54) is 21.1 Å². The van der Waals surface area contributed by atoms with E-state index in [4.69, 9.17) is 18.9 Å². The molecule has 2 aromatic rings. The highest BCUT2D eigenvalue weighted by Gasteiger charge is 2.29. The van der Waals surface area contributed by atoms with Gasteiger partial charge in [0.1, 0.15) is 6.04 Å². The summed E-state index contributed by atoms with van der Waals surface area (Å²) in [6.45, 7) is 1.80. The highest BCUT2D eigenvalue weighted by Crippen LogP contribution is 2.50. The van der Waals surface area contributed by atoms with E-state index >= 15 is 0 Å². The first-order chi connectivity index (χ1) is 20.7. The molecule has 0 aromatic heterocycles. The van der Waals surface area contributed by atoms with Crippen molar-refractivity contribution in [2.24, 2.45) is 0 Å². The van der Waals surface area contributed by atoms with Crippen LogP contribution < -0.4 is 35.6 Å². The summed E-state index contributed by atoms with van der Waals surface area (Å²) in [5.74, 6) is 1.20. The van der Waals surface area contributed by atoms with E-state index in [0.717, 1.165) is 16.7 Å². The molecule has 0 fully saturated rings. The summed E-state index contributed by atoms with van der Waals surface area (Å²) in [4.78, 5) is 50.0. The standard InChI is InChI=1S/C31H41N3O8S/c1-18(35)33-22-11-9-19-16-26(39-2)29(40-3)30(41-4)28(19)20-10-12-23(25(36)17-21(20)22)32-14-7-8-27(37)34-24(13-15-43-6)31(38)42-5/h10,12,16-17,22,24H,7-9,11,13-15H2,1-6H3,(H,32,36)(H,33,35)(H,34,37). The number of hydrogen-bond acceptors (Lipinski definition) is 10. The lowest BCUT2D eigenvalue weighted by molar-refractivity contribution is -0.145. The van der Waals surface area contributed by atoms with E-state index in [1.54, 1.807) is 38.1 Å². The van der Waals surface area contributed by atoms with Gasteiger partial charge >= 0.3 is 5.97 Å². The molecule has 0 spiro atoms. The molecule has 2 unspecified atom stereocenters. The molecular weight excluding hydrogens is 574 g/mol. The largest absolute Gasteiger partial charge is 0.493 e. The summed E-state index contributed by atoms with van der Waals surface area (Å²) in [7, 11) is 5.94. The second-order valence-corrected chi connectivity index (χ2v) is 11.0. The molecular formula is C31H41N3O8S. The number of hydrogen-bond donors (Lipinski definition) is 3. The van der Waals surface area contributed by atoms with Crippen LogP contribution in [0.2, 0.25) is 0 Å². The molecule has 0 bridgehead atoms. The maximum Gasteiger partial charge on any atom is 0.328 e. The molecule has 12 heteroatoms. The number of nitrogens with one attached hydrogen (secondary N) is 3. The molecule has 0 saturated heterocycles. The number of rotatable bonds is 14. The van der Waals surface area contributed by atoms with Crippen LogP contribution in [0.3, 0.4) is 0 Å². The predicted molar refractivity (Wildman–Crippen MR) is 167 cm³/mol. The van der Waals surface area contributed by atoms with Gasteiger partial charge in [0.2, 0.25) is 23.0 Å². The quantitative estimate of drug-likeness (QED) is 0.214. The van der Waals surface area contributed by atoms with E-state index in [0.29, 0.717) is 66.5 Å². The van der Waals surface area contributed by atoms with Crippen LogP contribution in [0.25, 0.3) is 11.1 Å². The first kappa shape index (κ1) is 33.6. The van der Waals surface area contributed by atoms with Crippen molar-refractivity contribution in [3.63, 3.8) is 0 Å². The van der Waals surface area contributed by atoms with Gasteiger partial charge in [-0.05, 0) is 72.6 Å². The monoisotopic (exact) mass is 615 g/mol. The molecule has 0 saturated carbocycles. The Morgan fingerprint density at radius 2 is 1.79 bits per heavy atom. The number of benzene rings is 1. The zero-order valence-corrected chi connectivity index (χ0v) is 26.4. The number of methoxy groups -OCH3 is 4. The summed E-state index contributed by atoms with van der Waals surface area (Å²) in [6, 6.07) is 5.89. The molecule has 43 heavy (non-hydrogen) atoms. The van der Waals surface area contributed by atoms with Crippen molar-refractivity contribution in [3.8, 4) is 28.4 Å². The molecule has 11 nitrogen and oxygen atoms in total. The van der Waals surface area contributed by atoms with Crippen LogP contribution in [-0.2, 0) is 25.5 Å². The van der Waals surface area contributed by atoms with Gasteiger partial charge in [-0.15, -0.1) is 0 Å². The summed E-state index contributed by atoms with van der Waals surface area (Å²) in [5.41, 5.74) is 3.19. The molecule has 2 aromatic carbocycles. The Morgan fingerprint density at radius 1 is 1.05 bits per heavy atom. The minimum absolute atomic E-state index is 0.167. The number of fused-ring (bicyclic) bond motifs is 3. The van der Waals surface area contributed by atoms with Gasteiger partial charge in [0, 0.05) is 25.5 Å². The SMILES string of the molecule is COC(=O)C(CCSC)NC(=O)CCCNc1ccc2c(cc1=O)C(NC(C)=O)CCc1cc(OC)c(OC)c(OC)c1-2. The van der Waals surface area contributed by atoms with Gasteiger partial charge in [-0.3, -0.25) is 14.4 Å². The topological polar surface area (TPSA) is 141 Å². The Morgan fingerprint density at radius 3 is 2.42 bits per heavy atom. The van der Waals surface area contributed by atoms with Gasteiger partial charge in [0.15, 0.2) is 11.5 Å². The Kier molecular flexibility index (Phi) is 12.5. The predicted octanol–water partition coefficient (Wildman–Crippen LogP) is 3.47. The lowest BCUT2D eigenvalue weighted by atomic mass is 9.95. The van der Waals surface area contributed by atoms with Crippen molar-refractivity contribution >= 4 is 35.2 Å². The van der Waals surface area contributed by atoms with Gasteiger partial charge in [-0.1, -0.05) is 6.07 Å². The second kappa shape index (κ2) is 16.1. The van der Waals surface area contributed by atoms with E-state index in [2.05, 4.69) is 16.0 Å². The number of esters is 1. The van der Waals surface area contributed by atoms with Crippen LogP contribution in [-0.4, -0.2) is 70.8 Å². The van der Waals surface area contributed by atoms with Crippen molar-refractivity contribution in [1.29, 1.82) is 0 Å². The maximum atomic E-state index is 13.4. The Hall–Kier alpha value is -3.93. The minimum Gasteiger partial charge on any atom is -0.493 e. The highest BCUT2D eigenvalue weighted by molar-refractivity contribution is 7.98. The van der Waals surface area contributed by atoms with Crippen LogP contribution in [0.5, 0.6) is 17.2 Å². The zero-order chi connectivity index (χ0) is 31.5. The first-order valence-corrected chi connectivity index (χ1v) is 15.5. The zero-order valence-electron chi connectivity index (χ0n) is 25.6. The number of thioether (sulfide) groups is 1. The van der Waals surface area contributed by atoms with Crippen molar-refractivity contribution in [1.82, 2.24) is 10.6 Å². The van der Waals surface area contributed by atoms with Crippen LogP contribution in [0.1, 0.15) is 49.8 Å². The van der Waals surface area contributed by atoms with Gasteiger partial charge in [-0.2, -0.15) is 11.8 Å². The van der Waals surface area contributed by atoms with Crippen molar-refractivity contribution in [3.05, 3.63) is 45.6 Å². The Bertz CT molecular complexity index is 1380. The third-order valence-corrected chi connectivity index (χ3v) is 7.89. The highest BCUT2D eigenvalue weighted by atomic mass is 32.2. The molecule has 234 valence electrons. The van der Waals surface area contributed by atoms with Crippen LogP contribution in [0.15, 0.2) is 29.1 Å². The second-order valence-electron chi connectivity index (χ2n) is 10.1. The van der Waals surface area contributed by atoms with Gasteiger partial charge in [0.05, 0.1) is 40.2 Å². The molecule has 0 heterocycles. The van der Waals surface area contributed by atoms with E-state index < -0.39 is 18.1 Å². The number of carbonyl (C=O) groups excluding carboxylic acids is 3. The van der Waals surface area contributed by atoms with Crippen molar-refractivity contribution in [2.75, 3.05) is 52.3 Å². The maximum absolute atomic E-state index is 13.4. The molecule has 0 radical (unpaired) electrons. The average Bonchev–Trinajstić information content (AvgIpc) is 3.24. The van der Waals surface area contributed by atoms with Crippen molar-refractivity contribution < 1.29 is 33.3 Å². The third kappa shape index (κ3) is 8.34. The molecule has 2 atom stereocenters.